The maximum atomic E-state index is 6.18. The lowest BCUT2D eigenvalue weighted by Crippen LogP contribution is -2.16. The van der Waals surface area contributed by atoms with Crippen molar-refractivity contribution in [2.45, 2.75) is 25.8 Å². The predicted octanol–water partition coefficient (Wildman–Crippen LogP) is 3.27. The van der Waals surface area contributed by atoms with Crippen molar-refractivity contribution in [1.29, 1.82) is 0 Å². The Labute approximate surface area is 123 Å². The summed E-state index contributed by atoms with van der Waals surface area (Å²) in [4.78, 5) is 4.31. The summed E-state index contributed by atoms with van der Waals surface area (Å²) in [5, 5.41) is 4.22. The molecule has 1 aliphatic heterocycles. The molecule has 0 radical (unpaired) electrons. The number of imidazole rings is 1. The van der Waals surface area contributed by atoms with Crippen LogP contribution in [0.4, 0.5) is 0 Å². The number of rotatable bonds is 3. The first-order valence-electron chi connectivity index (χ1n) is 6.81. The van der Waals surface area contributed by atoms with Crippen molar-refractivity contribution in [2.24, 2.45) is 0 Å². The summed E-state index contributed by atoms with van der Waals surface area (Å²) in [6, 6.07) is 4.26. The molecule has 1 aliphatic rings. The van der Waals surface area contributed by atoms with Crippen LogP contribution in [-0.2, 0) is 0 Å². The van der Waals surface area contributed by atoms with Gasteiger partial charge < -0.3 is 10.1 Å². The Morgan fingerprint density at radius 3 is 3.00 bits per heavy atom. The fourth-order valence-corrected chi connectivity index (χ4v) is 2.85. The van der Waals surface area contributed by atoms with Crippen molar-refractivity contribution in [3.63, 3.8) is 0 Å². The Balaban J connectivity index is 2.09. The minimum atomic E-state index is 0.359. The number of benzene rings is 1. The van der Waals surface area contributed by atoms with E-state index in [1.165, 1.54) is 12.1 Å². The maximum absolute atomic E-state index is 6.18. The first-order valence-corrected chi connectivity index (χ1v) is 7.18. The number of aromatic nitrogens is 2. The van der Waals surface area contributed by atoms with Gasteiger partial charge in [-0.25, -0.2) is 4.98 Å². The van der Waals surface area contributed by atoms with E-state index in [9.17, 15) is 0 Å². The predicted molar refractivity (Wildman–Crippen MR) is 79.8 cm³/mol. The minimum Gasteiger partial charge on any atom is -0.495 e. The molecule has 0 unspecified atom stereocenters. The van der Waals surface area contributed by atoms with Gasteiger partial charge in [0.1, 0.15) is 5.75 Å². The number of halogens is 1. The monoisotopic (exact) mass is 291 g/mol. The molecule has 0 saturated carbocycles. The van der Waals surface area contributed by atoms with E-state index < -0.39 is 0 Å². The van der Waals surface area contributed by atoms with Gasteiger partial charge in [-0.15, -0.1) is 0 Å². The van der Waals surface area contributed by atoms with Gasteiger partial charge in [0, 0.05) is 17.1 Å². The van der Waals surface area contributed by atoms with Gasteiger partial charge in [-0.2, -0.15) is 0 Å². The Hall–Kier alpha value is -1.52. The van der Waals surface area contributed by atoms with E-state index in [2.05, 4.69) is 14.9 Å². The molecule has 5 heteroatoms. The third-order valence-corrected chi connectivity index (χ3v) is 4.21. The Kier molecular flexibility index (Phi) is 3.68. The standard InChI is InChI=1S/C15H18ClN3O/c1-10-6-13(15(20-2)7-11(10)16)19-9-17-8-14(19)12-4-3-5-18-12/h6-9,12,18H,3-5H2,1-2H3/t12-/m0/s1. The highest BCUT2D eigenvalue weighted by Gasteiger charge is 2.21. The summed E-state index contributed by atoms with van der Waals surface area (Å²) in [5.74, 6) is 0.762. The van der Waals surface area contributed by atoms with Crippen molar-refractivity contribution in [3.05, 3.63) is 40.9 Å². The SMILES string of the molecule is COc1cc(Cl)c(C)cc1-n1cncc1[C@@H]1CCCN1. The molecule has 1 atom stereocenters. The average Bonchev–Trinajstić information content (AvgIpc) is 3.10. The summed E-state index contributed by atoms with van der Waals surface area (Å²) < 4.78 is 7.56. The molecule has 2 heterocycles. The van der Waals surface area contributed by atoms with Crippen LogP contribution in [-0.4, -0.2) is 23.2 Å². The number of hydrogen-bond donors (Lipinski definition) is 1. The molecule has 1 fully saturated rings. The summed E-state index contributed by atoms with van der Waals surface area (Å²) in [5.41, 5.74) is 3.18. The number of methoxy groups -OCH3 is 1. The van der Waals surface area contributed by atoms with Gasteiger partial charge >= 0.3 is 0 Å². The molecule has 1 saturated heterocycles. The van der Waals surface area contributed by atoms with Crippen molar-refractivity contribution in [1.82, 2.24) is 14.9 Å². The second-order valence-corrected chi connectivity index (χ2v) is 5.52. The van der Waals surface area contributed by atoms with Gasteiger partial charge in [0.2, 0.25) is 0 Å². The van der Waals surface area contributed by atoms with Crippen LogP contribution in [0.3, 0.4) is 0 Å². The molecule has 0 spiro atoms. The van der Waals surface area contributed by atoms with Crippen LogP contribution in [0.5, 0.6) is 5.75 Å². The Morgan fingerprint density at radius 2 is 2.30 bits per heavy atom. The molecule has 1 N–H and O–H groups in total. The smallest absolute Gasteiger partial charge is 0.144 e. The summed E-state index contributed by atoms with van der Waals surface area (Å²) in [7, 11) is 1.66. The Morgan fingerprint density at radius 1 is 1.45 bits per heavy atom. The zero-order valence-corrected chi connectivity index (χ0v) is 12.4. The zero-order valence-electron chi connectivity index (χ0n) is 11.7. The van der Waals surface area contributed by atoms with Crippen LogP contribution in [0.25, 0.3) is 5.69 Å². The van der Waals surface area contributed by atoms with Crippen LogP contribution >= 0.6 is 11.6 Å². The van der Waals surface area contributed by atoms with Crippen molar-refractivity contribution < 1.29 is 4.74 Å². The van der Waals surface area contributed by atoms with Crippen LogP contribution in [0.2, 0.25) is 5.02 Å². The van der Waals surface area contributed by atoms with Crippen LogP contribution < -0.4 is 10.1 Å². The van der Waals surface area contributed by atoms with E-state index in [0.29, 0.717) is 11.1 Å². The lowest BCUT2D eigenvalue weighted by molar-refractivity contribution is 0.412. The number of hydrogen-bond acceptors (Lipinski definition) is 3. The van der Waals surface area contributed by atoms with E-state index in [1.807, 2.05) is 31.6 Å². The van der Waals surface area contributed by atoms with Gasteiger partial charge in [-0.05, 0) is 37.9 Å². The van der Waals surface area contributed by atoms with Crippen molar-refractivity contribution in [3.8, 4) is 11.4 Å². The molecule has 1 aromatic heterocycles. The number of ether oxygens (including phenoxy) is 1. The molecule has 0 bridgehead atoms. The third-order valence-electron chi connectivity index (χ3n) is 3.80. The quantitative estimate of drug-likeness (QED) is 0.943. The summed E-state index contributed by atoms with van der Waals surface area (Å²) in [6.07, 6.45) is 6.10. The summed E-state index contributed by atoms with van der Waals surface area (Å²) in [6.45, 7) is 3.06. The highest BCUT2D eigenvalue weighted by atomic mass is 35.5. The topological polar surface area (TPSA) is 39.1 Å². The minimum absolute atomic E-state index is 0.359. The van der Waals surface area contributed by atoms with E-state index in [0.717, 1.165) is 30.0 Å². The van der Waals surface area contributed by atoms with Crippen molar-refractivity contribution in [2.75, 3.05) is 13.7 Å². The van der Waals surface area contributed by atoms with Gasteiger partial charge in [0.25, 0.3) is 0 Å². The number of aryl methyl sites for hydroxylation is 1. The fraction of sp³-hybridized carbons (Fsp3) is 0.400. The molecule has 20 heavy (non-hydrogen) atoms. The molecule has 0 amide bonds. The van der Waals surface area contributed by atoms with Crippen LogP contribution in [0.15, 0.2) is 24.7 Å². The van der Waals surface area contributed by atoms with E-state index >= 15 is 0 Å². The largest absolute Gasteiger partial charge is 0.495 e. The average molecular weight is 292 g/mol. The second kappa shape index (κ2) is 5.46. The lowest BCUT2D eigenvalue weighted by atomic mass is 10.1. The molecular weight excluding hydrogens is 274 g/mol. The first kappa shape index (κ1) is 13.5. The second-order valence-electron chi connectivity index (χ2n) is 5.11. The van der Waals surface area contributed by atoms with E-state index in [4.69, 9.17) is 16.3 Å². The van der Waals surface area contributed by atoms with Gasteiger partial charge in [-0.1, -0.05) is 11.6 Å². The molecule has 2 aromatic rings. The zero-order chi connectivity index (χ0) is 14.1. The van der Waals surface area contributed by atoms with E-state index in [1.54, 1.807) is 7.11 Å². The molecule has 0 aliphatic carbocycles. The van der Waals surface area contributed by atoms with Gasteiger partial charge in [-0.3, -0.25) is 4.57 Å². The van der Waals surface area contributed by atoms with E-state index in [-0.39, 0.29) is 0 Å². The van der Waals surface area contributed by atoms with Crippen LogP contribution in [0.1, 0.15) is 30.1 Å². The van der Waals surface area contributed by atoms with Gasteiger partial charge in [0.05, 0.1) is 31.0 Å². The summed E-state index contributed by atoms with van der Waals surface area (Å²) >= 11 is 6.18. The van der Waals surface area contributed by atoms with Gasteiger partial charge in [0.15, 0.2) is 0 Å². The molecule has 106 valence electrons. The normalized spacial score (nSPS) is 18.4. The highest BCUT2D eigenvalue weighted by Crippen LogP contribution is 2.33. The lowest BCUT2D eigenvalue weighted by Gasteiger charge is -2.17. The number of nitrogens with zero attached hydrogens (tertiary/aromatic N) is 2. The molecule has 4 nitrogen and oxygen atoms in total. The highest BCUT2D eigenvalue weighted by molar-refractivity contribution is 6.31. The first-order chi connectivity index (χ1) is 9.70. The fourth-order valence-electron chi connectivity index (χ4n) is 2.70. The van der Waals surface area contributed by atoms with Crippen molar-refractivity contribution >= 4 is 11.6 Å². The Bertz CT molecular complexity index is 618. The third kappa shape index (κ3) is 2.30. The molecule has 1 aromatic carbocycles. The maximum Gasteiger partial charge on any atom is 0.144 e. The molecule has 3 rings (SSSR count). The molecular formula is C15H18ClN3O. The van der Waals surface area contributed by atoms with Crippen LogP contribution in [0, 0.1) is 6.92 Å². The number of nitrogens with one attached hydrogen (secondary N) is 1.